The standard InChI is InChI=1S/C16H20F4N2O/c1-10(11-4-2-6-13(17)8-11)21-15(23)22-14-7-3-5-12(9-14)16(18,19)20/h2,4,6,8,10,12,14H,3,5,7,9H2,1H3,(H2,21,22,23)/t10-,12+,14+/m0/s1. The van der Waals surface area contributed by atoms with Gasteiger partial charge in [0.2, 0.25) is 0 Å². The topological polar surface area (TPSA) is 41.1 Å². The molecule has 2 amide bonds. The highest BCUT2D eigenvalue weighted by Crippen LogP contribution is 2.37. The van der Waals surface area contributed by atoms with Crippen molar-refractivity contribution in [3.63, 3.8) is 0 Å². The molecular weight excluding hydrogens is 312 g/mol. The molecule has 0 saturated heterocycles. The second kappa shape index (κ2) is 7.19. The molecule has 1 saturated carbocycles. The van der Waals surface area contributed by atoms with Gasteiger partial charge in [-0.15, -0.1) is 0 Å². The van der Waals surface area contributed by atoms with Gasteiger partial charge in [0.25, 0.3) is 0 Å². The third-order valence-corrected chi connectivity index (χ3v) is 4.17. The van der Waals surface area contributed by atoms with Crippen LogP contribution in [0.2, 0.25) is 0 Å². The highest BCUT2D eigenvalue weighted by molar-refractivity contribution is 5.74. The molecular formula is C16H20F4N2O. The summed E-state index contributed by atoms with van der Waals surface area (Å²) in [6.45, 7) is 1.69. The quantitative estimate of drug-likeness (QED) is 0.796. The van der Waals surface area contributed by atoms with Crippen LogP contribution in [0.5, 0.6) is 0 Å². The van der Waals surface area contributed by atoms with Crippen LogP contribution in [0.3, 0.4) is 0 Å². The first-order valence-corrected chi connectivity index (χ1v) is 7.65. The Labute approximate surface area is 132 Å². The van der Waals surface area contributed by atoms with E-state index in [1.807, 2.05) is 0 Å². The maximum absolute atomic E-state index is 13.2. The van der Waals surface area contributed by atoms with Gasteiger partial charge in [0.15, 0.2) is 0 Å². The lowest BCUT2D eigenvalue weighted by Gasteiger charge is -2.31. The van der Waals surface area contributed by atoms with Gasteiger partial charge in [-0.3, -0.25) is 0 Å². The monoisotopic (exact) mass is 332 g/mol. The fraction of sp³-hybridized carbons (Fsp3) is 0.562. The molecule has 3 atom stereocenters. The van der Waals surface area contributed by atoms with Crippen LogP contribution in [0.1, 0.15) is 44.2 Å². The number of carbonyl (C=O) groups excluding carboxylic acids is 1. The Kier molecular flexibility index (Phi) is 5.49. The van der Waals surface area contributed by atoms with E-state index in [-0.39, 0.29) is 12.8 Å². The molecule has 0 spiro atoms. The number of nitrogens with one attached hydrogen (secondary N) is 2. The molecule has 3 nitrogen and oxygen atoms in total. The second-order valence-corrected chi connectivity index (χ2v) is 6.00. The van der Waals surface area contributed by atoms with E-state index in [1.165, 1.54) is 18.2 Å². The first kappa shape index (κ1) is 17.6. The predicted molar refractivity (Wildman–Crippen MR) is 78.3 cm³/mol. The smallest absolute Gasteiger partial charge is 0.335 e. The third-order valence-electron chi connectivity index (χ3n) is 4.17. The van der Waals surface area contributed by atoms with Crippen LogP contribution in [-0.4, -0.2) is 18.2 Å². The normalized spacial score (nSPS) is 23.2. The van der Waals surface area contributed by atoms with Crippen molar-refractivity contribution in [1.29, 1.82) is 0 Å². The van der Waals surface area contributed by atoms with E-state index >= 15 is 0 Å². The van der Waals surface area contributed by atoms with Crippen LogP contribution in [0.25, 0.3) is 0 Å². The number of amides is 2. The van der Waals surface area contributed by atoms with Gasteiger partial charge in [-0.2, -0.15) is 13.2 Å². The van der Waals surface area contributed by atoms with Crippen molar-refractivity contribution in [1.82, 2.24) is 10.6 Å². The van der Waals surface area contributed by atoms with Gasteiger partial charge in [-0.05, 0) is 43.9 Å². The molecule has 0 radical (unpaired) electrons. The van der Waals surface area contributed by atoms with Crippen molar-refractivity contribution in [3.8, 4) is 0 Å². The van der Waals surface area contributed by atoms with Crippen molar-refractivity contribution in [2.45, 2.75) is 50.9 Å². The number of halogens is 4. The largest absolute Gasteiger partial charge is 0.391 e. The van der Waals surface area contributed by atoms with Crippen LogP contribution < -0.4 is 10.6 Å². The molecule has 1 aromatic carbocycles. The van der Waals surface area contributed by atoms with Crippen molar-refractivity contribution in [3.05, 3.63) is 35.6 Å². The minimum Gasteiger partial charge on any atom is -0.335 e. The van der Waals surface area contributed by atoms with Gasteiger partial charge in [0.1, 0.15) is 5.82 Å². The van der Waals surface area contributed by atoms with Gasteiger partial charge in [-0.1, -0.05) is 18.6 Å². The molecule has 0 heterocycles. The summed E-state index contributed by atoms with van der Waals surface area (Å²) in [6, 6.07) is 4.36. The highest BCUT2D eigenvalue weighted by atomic mass is 19.4. The number of urea groups is 1. The van der Waals surface area contributed by atoms with E-state index < -0.39 is 36.0 Å². The fourth-order valence-corrected chi connectivity index (χ4v) is 2.90. The van der Waals surface area contributed by atoms with Crippen LogP contribution >= 0.6 is 0 Å². The number of hydrogen-bond donors (Lipinski definition) is 2. The van der Waals surface area contributed by atoms with Gasteiger partial charge in [0, 0.05) is 6.04 Å². The van der Waals surface area contributed by atoms with E-state index in [1.54, 1.807) is 13.0 Å². The Morgan fingerprint density at radius 3 is 2.70 bits per heavy atom. The van der Waals surface area contributed by atoms with Gasteiger partial charge < -0.3 is 10.6 Å². The number of alkyl halides is 3. The number of benzene rings is 1. The van der Waals surface area contributed by atoms with Crippen LogP contribution in [0, 0.1) is 11.7 Å². The van der Waals surface area contributed by atoms with Crippen LogP contribution in [-0.2, 0) is 0 Å². The summed E-state index contributed by atoms with van der Waals surface area (Å²) in [5.41, 5.74) is 0.594. The first-order chi connectivity index (χ1) is 10.8. The summed E-state index contributed by atoms with van der Waals surface area (Å²) in [5, 5.41) is 5.22. The molecule has 0 bridgehead atoms. The predicted octanol–water partition coefficient (Wildman–Crippen LogP) is 4.31. The Balaban J connectivity index is 1.87. The Hall–Kier alpha value is -1.79. The summed E-state index contributed by atoms with van der Waals surface area (Å²) >= 11 is 0. The minimum absolute atomic E-state index is 0.0920. The van der Waals surface area contributed by atoms with Gasteiger partial charge >= 0.3 is 12.2 Å². The van der Waals surface area contributed by atoms with Crippen LogP contribution in [0.15, 0.2) is 24.3 Å². The average molecular weight is 332 g/mol. The maximum Gasteiger partial charge on any atom is 0.391 e. The maximum atomic E-state index is 13.2. The van der Waals surface area contributed by atoms with Gasteiger partial charge in [-0.25, -0.2) is 9.18 Å². The van der Waals surface area contributed by atoms with Crippen molar-refractivity contribution < 1.29 is 22.4 Å². The molecule has 128 valence electrons. The number of rotatable bonds is 3. The zero-order valence-electron chi connectivity index (χ0n) is 12.8. The second-order valence-electron chi connectivity index (χ2n) is 6.00. The number of carbonyl (C=O) groups is 1. The lowest BCUT2D eigenvalue weighted by atomic mass is 9.85. The SMILES string of the molecule is C[C@H](NC(=O)N[C@@H]1CCC[C@@H](C(F)(F)F)C1)c1cccc(F)c1. The van der Waals surface area contributed by atoms with E-state index in [2.05, 4.69) is 10.6 Å². The lowest BCUT2D eigenvalue weighted by molar-refractivity contribution is -0.183. The summed E-state index contributed by atoms with van der Waals surface area (Å²) in [6.07, 6.45) is -3.22. The molecule has 23 heavy (non-hydrogen) atoms. The first-order valence-electron chi connectivity index (χ1n) is 7.65. The summed E-state index contributed by atoms with van der Waals surface area (Å²) in [5.74, 6) is -1.76. The molecule has 0 aliphatic heterocycles. The molecule has 2 rings (SSSR count). The Bertz CT molecular complexity index is 547. The number of hydrogen-bond acceptors (Lipinski definition) is 1. The third kappa shape index (κ3) is 5.11. The minimum atomic E-state index is -4.22. The van der Waals surface area contributed by atoms with Crippen molar-refractivity contribution in [2.75, 3.05) is 0 Å². The molecule has 1 aliphatic carbocycles. The van der Waals surface area contributed by atoms with E-state index in [0.717, 1.165) is 0 Å². The summed E-state index contributed by atoms with van der Waals surface area (Å²) < 4.78 is 51.4. The molecule has 1 aromatic rings. The summed E-state index contributed by atoms with van der Waals surface area (Å²) in [7, 11) is 0. The van der Waals surface area contributed by atoms with Crippen LogP contribution in [0.4, 0.5) is 22.4 Å². The Morgan fingerprint density at radius 2 is 2.04 bits per heavy atom. The molecule has 2 N–H and O–H groups in total. The fourth-order valence-electron chi connectivity index (χ4n) is 2.90. The van der Waals surface area contributed by atoms with E-state index in [0.29, 0.717) is 18.4 Å². The highest BCUT2D eigenvalue weighted by Gasteiger charge is 2.42. The zero-order chi connectivity index (χ0) is 17.0. The molecule has 0 aromatic heterocycles. The van der Waals surface area contributed by atoms with E-state index in [4.69, 9.17) is 0 Å². The molecule has 1 fully saturated rings. The van der Waals surface area contributed by atoms with E-state index in [9.17, 15) is 22.4 Å². The Morgan fingerprint density at radius 1 is 1.30 bits per heavy atom. The molecule has 0 unspecified atom stereocenters. The summed E-state index contributed by atoms with van der Waals surface area (Å²) in [4.78, 5) is 11.9. The molecule has 1 aliphatic rings. The average Bonchev–Trinajstić information content (AvgIpc) is 2.46. The van der Waals surface area contributed by atoms with Gasteiger partial charge in [0.05, 0.1) is 12.0 Å². The lowest BCUT2D eigenvalue weighted by Crippen LogP contribution is -2.46. The zero-order valence-corrected chi connectivity index (χ0v) is 12.8. The van der Waals surface area contributed by atoms with Crippen molar-refractivity contribution >= 4 is 6.03 Å². The molecule has 7 heteroatoms. The van der Waals surface area contributed by atoms with Crippen molar-refractivity contribution in [2.24, 2.45) is 5.92 Å².